The van der Waals surface area contributed by atoms with E-state index in [9.17, 15) is 0 Å². The number of rotatable bonds is 1. The highest BCUT2D eigenvalue weighted by atomic mass is 15.3. The minimum Gasteiger partial charge on any atom is -0.384 e. The fourth-order valence-corrected chi connectivity index (χ4v) is 0.378. The van der Waals surface area contributed by atoms with Crippen molar-refractivity contribution < 1.29 is 0 Å². The van der Waals surface area contributed by atoms with E-state index in [4.69, 9.17) is 11.1 Å². The zero-order valence-corrected chi connectivity index (χ0v) is 4.57. The van der Waals surface area contributed by atoms with Gasteiger partial charge in [-0.1, -0.05) is 0 Å². The SMILES string of the molecule is N=C(N)c1cnnnc1. The molecule has 0 unspecified atom stereocenters. The van der Waals surface area contributed by atoms with E-state index in [1.165, 1.54) is 12.4 Å². The lowest BCUT2D eigenvalue weighted by atomic mass is 10.3. The second-order valence-corrected chi connectivity index (χ2v) is 1.45. The molecule has 5 nitrogen and oxygen atoms in total. The van der Waals surface area contributed by atoms with Gasteiger partial charge in [-0.3, -0.25) is 5.41 Å². The van der Waals surface area contributed by atoms with Crippen molar-refractivity contribution in [3.05, 3.63) is 18.0 Å². The van der Waals surface area contributed by atoms with Crippen LogP contribution in [-0.4, -0.2) is 21.2 Å². The smallest absolute Gasteiger partial charge is 0.126 e. The van der Waals surface area contributed by atoms with Gasteiger partial charge < -0.3 is 5.73 Å². The third-order valence-corrected chi connectivity index (χ3v) is 0.808. The predicted octanol–water partition coefficient (Wildman–Crippen LogP) is -0.844. The Morgan fingerprint density at radius 3 is 2.33 bits per heavy atom. The van der Waals surface area contributed by atoms with Crippen molar-refractivity contribution in [2.24, 2.45) is 5.73 Å². The molecule has 3 N–H and O–H groups in total. The topological polar surface area (TPSA) is 88.5 Å². The Hall–Kier alpha value is -1.52. The standard InChI is InChI=1S/C4H5N5/c5-4(6)3-1-7-9-8-2-3/h1-2H,(H3,5,6). The summed E-state index contributed by atoms with van der Waals surface area (Å²) >= 11 is 0. The number of amidine groups is 1. The van der Waals surface area contributed by atoms with Crippen LogP contribution in [0.15, 0.2) is 12.4 Å². The molecule has 0 bridgehead atoms. The second kappa shape index (κ2) is 2.17. The van der Waals surface area contributed by atoms with E-state index in [0.29, 0.717) is 5.56 Å². The number of nitrogens with one attached hydrogen (secondary N) is 1. The maximum Gasteiger partial charge on any atom is 0.126 e. The van der Waals surface area contributed by atoms with Crippen LogP contribution in [0.4, 0.5) is 0 Å². The third kappa shape index (κ3) is 1.18. The van der Waals surface area contributed by atoms with Gasteiger partial charge in [-0.25, -0.2) is 0 Å². The second-order valence-electron chi connectivity index (χ2n) is 1.45. The van der Waals surface area contributed by atoms with Crippen molar-refractivity contribution in [2.75, 3.05) is 0 Å². The van der Waals surface area contributed by atoms with E-state index >= 15 is 0 Å². The van der Waals surface area contributed by atoms with Gasteiger partial charge in [-0.2, -0.15) is 0 Å². The van der Waals surface area contributed by atoms with Crippen LogP contribution in [0.5, 0.6) is 0 Å². The zero-order chi connectivity index (χ0) is 6.69. The lowest BCUT2D eigenvalue weighted by molar-refractivity contribution is 0.861. The summed E-state index contributed by atoms with van der Waals surface area (Å²) in [4.78, 5) is 0. The van der Waals surface area contributed by atoms with Crippen molar-refractivity contribution in [2.45, 2.75) is 0 Å². The summed E-state index contributed by atoms with van der Waals surface area (Å²) in [5.74, 6) is -0.0441. The third-order valence-electron chi connectivity index (χ3n) is 0.808. The molecule has 46 valence electrons. The van der Waals surface area contributed by atoms with Crippen LogP contribution < -0.4 is 5.73 Å². The van der Waals surface area contributed by atoms with E-state index in [1.807, 2.05) is 0 Å². The van der Waals surface area contributed by atoms with Gasteiger partial charge in [-0.15, -0.1) is 10.2 Å². The molecule has 0 fully saturated rings. The lowest BCUT2D eigenvalue weighted by Gasteiger charge is -1.90. The molecule has 0 saturated carbocycles. The average Bonchev–Trinajstić information content (AvgIpc) is 1.90. The molecule has 0 aliphatic carbocycles. The molecule has 5 heteroatoms. The molecule has 0 aromatic carbocycles. The molecule has 0 atom stereocenters. The van der Waals surface area contributed by atoms with E-state index < -0.39 is 0 Å². The molecule has 1 aromatic rings. The Bertz CT molecular complexity index is 205. The molecule has 1 aromatic heterocycles. The number of nitrogens with zero attached hydrogens (tertiary/aromatic N) is 3. The first-order valence-corrected chi connectivity index (χ1v) is 2.28. The molecule has 0 aliphatic rings. The van der Waals surface area contributed by atoms with Crippen LogP contribution >= 0.6 is 0 Å². The Balaban J connectivity index is 2.98. The molecular weight excluding hydrogens is 118 g/mol. The van der Waals surface area contributed by atoms with Gasteiger partial charge in [-0.05, 0) is 5.21 Å². The predicted molar refractivity (Wildman–Crippen MR) is 30.8 cm³/mol. The summed E-state index contributed by atoms with van der Waals surface area (Å²) in [7, 11) is 0. The maximum absolute atomic E-state index is 6.91. The molecule has 1 rings (SSSR count). The summed E-state index contributed by atoms with van der Waals surface area (Å²) in [5.41, 5.74) is 5.58. The van der Waals surface area contributed by atoms with Crippen LogP contribution in [0, 0.1) is 5.41 Å². The van der Waals surface area contributed by atoms with Crippen molar-refractivity contribution in [1.82, 2.24) is 15.4 Å². The first-order chi connectivity index (χ1) is 4.30. The van der Waals surface area contributed by atoms with Crippen LogP contribution in [0.25, 0.3) is 0 Å². The van der Waals surface area contributed by atoms with Gasteiger partial charge >= 0.3 is 0 Å². The van der Waals surface area contributed by atoms with Crippen molar-refractivity contribution in [3.63, 3.8) is 0 Å². The van der Waals surface area contributed by atoms with Crippen LogP contribution in [0.1, 0.15) is 5.56 Å². The summed E-state index contributed by atoms with van der Waals surface area (Å²) in [6.07, 6.45) is 2.77. The van der Waals surface area contributed by atoms with Crippen LogP contribution in [-0.2, 0) is 0 Å². The van der Waals surface area contributed by atoms with E-state index in [-0.39, 0.29) is 5.84 Å². The number of hydrogen-bond acceptors (Lipinski definition) is 4. The fourth-order valence-electron chi connectivity index (χ4n) is 0.378. The number of nitrogen functional groups attached to an aromatic ring is 1. The van der Waals surface area contributed by atoms with Gasteiger partial charge in [0.25, 0.3) is 0 Å². The monoisotopic (exact) mass is 123 g/mol. The van der Waals surface area contributed by atoms with Gasteiger partial charge in [0, 0.05) is 0 Å². The highest BCUT2D eigenvalue weighted by molar-refractivity contribution is 5.94. The van der Waals surface area contributed by atoms with Gasteiger partial charge in [0.15, 0.2) is 0 Å². The first-order valence-electron chi connectivity index (χ1n) is 2.28. The lowest BCUT2D eigenvalue weighted by Crippen LogP contribution is -2.11. The van der Waals surface area contributed by atoms with Crippen molar-refractivity contribution in [1.29, 1.82) is 5.41 Å². The normalized spacial score (nSPS) is 8.89. The first kappa shape index (κ1) is 5.61. The summed E-state index contributed by atoms with van der Waals surface area (Å²) in [6, 6.07) is 0. The van der Waals surface area contributed by atoms with E-state index in [2.05, 4.69) is 15.4 Å². The minimum absolute atomic E-state index is 0.0441. The minimum atomic E-state index is -0.0441. The molecule has 1 heterocycles. The Morgan fingerprint density at radius 1 is 1.44 bits per heavy atom. The fraction of sp³-hybridized carbons (Fsp3) is 0. The van der Waals surface area contributed by atoms with Crippen molar-refractivity contribution in [3.8, 4) is 0 Å². The van der Waals surface area contributed by atoms with Crippen molar-refractivity contribution >= 4 is 5.84 Å². The number of nitrogens with two attached hydrogens (primary N) is 1. The van der Waals surface area contributed by atoms with Crippen LogP contribution in [0.3, 0.4) is 0 Å². The Morgan fingerprint density at radius 2 is 2.00 bits per heavy atom. The summed E-state index contributed by atoms with van der Waals surface area (Å²) < 4.78 is 0. The van der Waals surface area contributed by atoms with Gasteiger partial charge in [0.05, 0.1) is 18.0 Å². The largest absolute Gasteiger partial charge is 0.384 e. The average molecular weight is 123 g/mol. The van der Waals surface area contributed by atoms with Crippen LogP contribution in [0.2, 0.25) is 0 Å². The zero-order valence-electron chi connectivity index (χ0n) is 4.57. The summed E-state index contributed by atoms with van der Waals surface area (Å²) in [6.45, 7) is 0. The Labute approximate surface area is 51.4 Å². The number of aromatic nitrogens is 3. The molecular formula is C4H5N5. The van der Waals surface area contributed by atoms with Gasteiger partial charge in [0.2, 0.25) is 0 Å². The van der Waals surface area contributed by atoms with E-state index in [0.717, 1.165) is 0 Å². The maximum atomic E-state index is 6.91. The molecule has 0 aliphatic heterocycles. The highest BCUT2D eigenvalue weighted by Crippen LogP contribution is 1.86. The molecule has 0 spiro atoms. The molecule has 0 saturated heterocycles. The quantitative estimate of drug-likeness (QED) is 0.376. The van der Waals surface area contributed by atoms with E-state index in [1.54, 1.807) is 0 Å². The molecule has 0 radical (unpaired) electrons. The summed E-state index contributed by atoms with van der Waals surface area (Å²) in [5, 5.41) is 17.0. The molecule has 0 amide bonds. The van der Waals surface area contributed by atoms with Gasteiger partial charge in [0.1, 0.15) is 5.84 Å². The molecule has 9 heavy (non-hydrogen) atoms. The number of hydrogen-bond donors (Lipinski definition) is 2. The highest BCUT2D eigenvalue weighted by Gasteiger charge is 1.92. The Kier molecular flexibility index (Phi) is 1.35.